The van der Waals surface area contributed by atoms with E-state index in [0.29, 0.717) is 25.7 Å². The van der Waals surface area contributed by atoms with Crippen molar-refractivity contribution in [2.75, 3.05) is 39.6 Å². The Morgan fingerprint density at radius 3 is 0.745 bits per heavy atom. The van der Waals surface area contributed by atoms with E-state index in [1.54, 1.807) is 0 Å². The Kier molecular flexibility index (Phi) is 74.9. The molecule has 5 atom stereocenters. The van der Waals surface area contributed by atoms with Crippen LogP contribution in [0.4, 0.5) is 0 Å². The lowest BCUT2D eigenvalue weighted by atomic mass is 10.0. The SMILES string of the molecule is CCCCC/C=C\C/C=C\CCCCCCCC(=O)OC[C@H](COP(=O)(O)OC[C@@H](O)COP(=O)(O)OC[C@@H](COC(=O)CCCCCCCCCCCCCCC)OC(=O)CCCCCCCCCCCCCCCCCCC)OC(=O)CCCCCCCCCCCCCCCCCCC. The highest BCUT2D eigenvalue weighted by molar-refractivity contribution is 7.47. The van der Waals surface area contributed by atoms with E-state index >= 15 is 0 Å². The van der Waals surface area contributed by atoms with Crippen LogP contribution in [0.3, 0.4) is 0 Å². The summed E-state index contributed by atoms with van der Waals surface area (Å²) in [5, 5.41) is 10.7. The van der Waals surface area contributed by atoms with Crippen LogP contribution in [0.25, 0.3) is 0 Å². The van der Waals surface area contributed by atoms with Crippen molar-refractivity contribution in [3.63, 3.8) is 0 Å². The maximum atomic E-state index is 13.1. The molecule has 3 N–H and O–H groups in total. The van der Waals surface area contributed by atoms with Gasteiger partial charge in [0.2, 0.25) is 0 Å². The molecule has 0 bridgehead atoms. The molecule has 602 valence electrons. The van der Waals surface area contributed by atoms with Gasteiger partial charge in [0.05, 0.1) is 26.4 Å². The molecule has 0 radical (unpaired) electrons. The predicted molar refractivity (Wildman–Crippen MR) is 418 cm³/mol. The van der Waals surface area contributed by atoms with Crippen molar-refractivity contribution in [2.24, 2.45) is 0 Å². The number of aliphatic hydroxyl groups excluding tert-OH is 1. The van der Waals surface area contributed by atoms with Crippen molar-refractivity contribution in [3.05, 3.63) is 24.3 Å². The molecule has 0 rings (SSSR count). The van der Waals surface area contributed by atoms with E-state index in [1.165, 1.54) is 231 Å². The second kappa shape index (κ2) is 76.7. The van der Waals surface area contributed by atoms with Crippen LogP contribution >= 0.6 is 15.6 Å². The summed E-state index contributed by atoms with van der Waals surface area (Å²) in [6, 6.07) is 0. The Balaban J connectivity index is 5.29. The van der Waals surface area contributed by atoms with Gasteiger partial charge in [-0.2, -0.15) is 0 Å². The standard InChI is InChI=1S/C83H158O17P2/c1-5-9-13-17-21-25-29-33-36-38-41-45-49-53-57-61-65-69-82(87)99-78(73-93-80(85)67-63-59-55-51-47-43-32-28-24-20-16-12-8-4)75-97-101(89,90)95-71-77(84)72-96-102(91,92)98-76-79(74-94-81(86)68-64-60-56-52-48-44-40-35-31-27-23-19-15-11-7-3)100-83(88)70-66-62-58-54-50-46-42-39-37-34-30-26-22-18-14-10-6-2/h23,27,35,40,77-79,84H,5-22,24-26,28-34,36-39,41-76H2,1-4H3,(H,89,90)(H,91,92)/b27-23-,40-35-/t77-,78+,79+/m0/s1. The molecule has 19 heteroatoms. The monoisotopic (exact) mass is 1490 g/mol. The first-order chi connectivity index (χ1) is 49.7. The molecular formula is C83H158O17P2. The minimum absolute atomic E-state index is 0.103. The van der Waals surface area contributed by atoms with Crippen LogP contribution in [0.2, 0.25) is 0 Å². The first-order valence-electron chi connectivity index (χ1n) is 42.6. The molecule has 0 aromatic rings. The zero-order valence-corrected chi connectivity index (χ0v) is 67.9. The summed E-state index contributed by atoms with van der Waals surface area (Å²) < 4.78 is 68.8. The van der Waals surface area contributed by atoms with Gasteiger partial charge in [-0.15, -0.1) is 0 Å². The molecule has 0 aliphatic heterocycles. The van der Waals surface area contributed by atoms with Crippen LogP contribution in [0, 0.1) is 0 Å². The van der Waals surface area contributed by atoms with Gasteiger partial charge in [-0.05, 0) is 57.8 Å². The fraction of sp³-hybridized carbons (Fsp3) is 0.904. The molecule has 0 spiro atoms. The van der Waals surface area contributed by atoms with Gasteiger partial charge in [-0.1, -0.05) is 367 Å². The van der Waals surface area contributed by atoms with Crippen molar-refractivity contribution in [1.29, 1.82) is 0 Å². The summed E-state index contributed by atoms with van der Waals surface area (Å²) in [4.78, 5) is 73.1. The number of carbonyl (C=O) groups is 4. The van der Waals surface area contributed by atoms with E-state index < -0.39 is 97.5 Å². The first kappa shape index (κ1) is 99.5. The van der Waals surface area contributed by atoms with E-state index in [2.05, 4.69) is 52.0 Å². The largest absolute Gasteiger partial charge is 0.472 e. The number of carbonyl (C=O) groups excluding carboxylic acids is 4. The minimum Gasteiger partial charge on any atom is -0.462 e. The fourth-order valence-electron chi connectivity index (χ4n) is 12.4. The average molecular weight is 1490 g/mol. The zero-order chi connectivity index (χ0) is 74.6. The number of aliphatic hydroxyl groups is 1. The number of phosphoric acid groups is 2. The van der Waals surface area contributed by atoms with E-state index in [4.69, 9.17) is 37.0 Å². The number of allylic oxidation sites excluding steroid dienone is 4. The van der Waals surface area contributed by atoms with Crippen LogP contribution in [0.5, 0.6) is 0 Å². The molecule has 0 heterocycles. The van der Waals surface area contributed by atoms with E-state index in [1.807, 2.05) is 0 Å². The number of phosphoric ester groups is 2. The molecule has 0 aliphatic carbocycles. The second-order valence-electron chi connectivity index (χ2n) is 29.2. The van der Waals surface area contributed by atoms with E-state index in [9.17, 15) is 43.2 Å². The highest BCUT2D eigenvalue weighted by Gasteiger charge is 2.30. The molecule has 0 saturated carbocycles. The van der Waals surface area contributed by atoms with Crippen molar-refractivity contribution >= 4 is 39.5 Å². The maximum absolute atomic E-state index is 13.1. The number of hydrogen-bond acceptors (Lipinski definition) is 15. The molecule has 0 saturated heterocycles. The van der Waals surface area contributed by atoms with Gasteiger partial charge in [0.1, 0.15) is 19.3 Å². The summed E-state index contributed by atoms with van der Waals surface area (Å²) >= 11 is 0. The second-order valence-corrected chi connectivity index (χ2v) is 32.1. The molecule has 102 heavy (non-hydrogen) atoms. The zero-order valence-electron chi connectivity index (χ0n) is 66.1. The van der Waals surface area contributed by atoms with Gasteiger partial charge in [0, 0.05) is 25.7 Å². The van der Waals surface area contributed by atoms with Crippen molar-refractivity contribution in [2.45, 2.75) is 444 Å². The average Bonchev–Trinajstić information content (AvgIpc) is 0.951. The molecule has 0 aliphatic rings. The van der Waals surface area contributed by atoms with Gasteiger partial charge < -0.3 is 33.8 Å². The molecule has 0 fully saturated rings. The number of rotatable bonds is 82. The van der Waals surface area contributed by atoms with Crippen molar-refractivity contribution < 1.29 is 80.2 Å². The fourth-order valence-corrected chi connectivity index (χ4v) is 14.0. The van der Waals surface area contributed by atoms with Crippen molar-refractivity contribution in [1.82, 2.24) is 0 Å². The van der Waals surface area contributed by atoms with E-state index in [-0.39, 0.29) is 25.7 Å². The van der Waals surface area contributed by atoms with Crippen LogP contribution in [0.15, 0.2) is 24.3 Å². The molecule has 2 unspecified atom stereocenters. The van der Waals surface area contributed by atoms with Crippen LogP contribution in [0.1, 0.15) is 426 Å². The smallest absolute Gasteiger partial charge is 0.462 e. The van der Waals surface area contributed by atoms with Crippen molar-refractivity contribution in [3.8, 4) is 0 Å². The third-order valence-electron chi connectivity index (χ3n) is 18.9. The topological polar surface area (TPSA) is 237 Å². The van der Waals surface area contributed by atoms with Gasteiger partial charge in [0.15, 0.2) is 12.2 Å². The minimum atomic E-state index is -4.97. The Bertz CT molecular complexity index is 2020. The molecule has 0 aromatic heterocycles. The summed E-state index contributed by atoms with van der Waals surface area (Å²) in [7, 11) is -9.93. The van der Waals surface area contributed by atoms with Gasteiger partial charge >= 0.3 is 39.5 Å². The lowest BCUT2D eigenvalue weighted by Gasteiger charge is -2.21. The number of hydrogen-bond donors (Lipinski definition) is 3. The predicted octanol–water partition coefficient (Wildman–Crippen LogP) is 24.9. The van der Waals surface area contributed by atoms with Crippen LogP contribution < -0.4 is 0 Å². The molecule has 0 aromatic carbocycles. The normalized spacial score (nSPS) is 13.9. The molecule has 17 nitrogen and oxygen atoms in total. The summed E-state index contributed by atoms with van der Waals surface area (Å²) in [5.41, 5.74) is 0. The summed E-state index contributed by atoms with van der Waals surface area (Å²) in [5.74, 6) is -2.13. The summed E-state index contributed by atoms with van der Waals surface area (Å²) in [6.45, 7) is 4.98. The lowest BCUT2D eigenvalue weighted by molar-refractivity contribution is -0.161. The Hall–Kier alpha value is -2.46. The lowest BCUT2D eigenvalue weighted by Crippen LogP contribution is -2.30. The van der Waals surface area contributed by atoms with Gasteiger partial charge in [0.25, 0.3) is 0 Å². The number of esters is 4. The van der Waals surface area contributed by atoms with Gasteiger partial charge in [-0.3, -0.25) is 37.3 Å². The van der Waals surface area contributed by atoms with Crippen LogP contribution in [-0.2, 0) is 65.4 Å². The van der Waals surface area contributed by atoms with E-state index in [0.717, 1.165) is 116 Å². The highest BCUT2D eigenvalue weighted by Crippen LogP contribution is 2.45. The third-order valence-corrected chi connectivity index (χ3v) is 20.9. The Morgan fingerprint density at radius 2 is 0.480 bits per heavy atom. The first-order valence-corrected chi connectivity index (χ1v) is 45.6. The third kappa shape index (κ3) is 75.8. The Labute approximate surface area is 624 Å². The molecule has 0 amide bonds. The van der Waals surface area contributed by atoms with Gasteiger partial charge in [-0.25, -0.2) is 9.13 Å². The quantitative estimate of drug-likeness (QED) is 0.0169. The summed E-state index contributed by atoms with van der Waals surface area (Å²) in [6.07, 6.45) is 72.8. The number of unbranched alkanes of at least 4 members (excludes halogenated alkanes) is 52. The Morgan fingerprint density at radius 1 is 0.275 bits per heavy atom. The maximum Gasteiger partial charge on any atom is 0.472 e. The number of ether oxygens (including phenoxy) is 4. The highest BCUT2D eigenvalue weighted by atomic mass is 31.2. The van der Waals surface area contributed by atoms with Crippen LogP contribution in [-0.4, -0.2) is 96.7 Å². The molecular weight excluding hydrogens is 1330 g/mol.